The van der Waals surface area contributed by atoms with Crippen molar-refractivity contribution < 1.29 is 9.00 Å². The first-order chi connectivity index (χ1) is 9.54. The molecular weight excluding hydrogens is 292 g/mol. The molecular formula is C14H20N2O2S2. The zero-order valence-electron chi connectivity index (χ0n) is 12.1. The summed E-state index contributed by atoms with van der Waals surface area (Å²) in [4.78, 5) is 16.3. The molecule has 0 saturated heterocycles. The summed E-state index contributed by atoms with van der Waals surface area (Å²) in [5, 5.41) is 2.79. The average molecular weight is 312 g/mol. The second kappa shape index (κ2) is 8.88. The third kappa shape index (κ3) is 5.85. The van der Waals surface area contributed by atoms with E-state index in [1.54, 1.807) is 0 Å². The first kappa shape index (κ1) is 16.9. The highest BCUT2D eigenvalue weighted by Crippen LogP contribution is 2.16. The molecule has 1 aromatic heterocycles. The molecule has 1 aromatic rings. The fourth-order valence-corrected chi connectivity index (χ4v) is 3.26. The monoisotopic (exact) mass is 312 g/mol. The van der Waals surface area contributed by atoms with Crippen LogP contribution in [-0.2, 0) is 10.8 Å². The molecule has 110 valence electrons. The van der Waals surface area contributed by atoms with E-state index in [1.165, 1.54) is 17.5 Å². The Kier molecular flexibility index (Phi) is 7.48. The molecule has 0 saturated carbocycles. The van der Waals surface area contributed by atoms with E-state index in [-0.39, 0.29) is 5.91 Å². The number of hydrogen-bond acceptors (Lipinski definition) is 4. The molecule has 4 nitrogen and oxygen atoms in total. The molecule has 0 aliphatic carbocycles. The van der Waals surface area contributed by atoms with Crippen molar-refractivity contribution in [3.8, 4) is 11.8 Å². The highest BCUT2D eigenvalue weighted by Gasteiger charge is 2.12. The van der Waals surface area contributed by atoms with Gasteiger partial charge in [-0.2, -0.15) is 0 Å². The summed E-state index contributed by atoms with van der Waals surface area (Å²) in [5.41, 5.74) is 0. The van der Waals surface area contributed by atoms with Crippen molar-refractivity contribution in [2.75, 3.05) is 12.3 Å². The molecule has 0 aliphatic rings. The van der Waals surface area contributed by atoms with E-state index >= 15 is 0 Å². The topological polar surface area (TPSA) is 59.1 Å². The van der Waals surface area contributed by atoms with Gasteiger partial charge in [0.1, 0.15) is 4.88 Å². The van der Waals surface area contributed by atoms with Crippen LogP contribution < -0.4 is 5.32 Å². The van der Waals surface area contributed by atoms with Crippen LogP contribution >= 0.6 is 11.3 Å². The summed E-state index contributed by atoms with van der Waals surface area (Å²) in [6, 6.07) is 0. The van der Waals surface area contributed by atoms with Gasteiger partial charge in [-0.1, -0.05) is 20.8 Å². The predicted molar refractivity (Wildman–Crippen MR) is 83.2 cm³/mol. The number of hydrogen-bond donors (Lipinski definition) is 1. The Bertz CT molecular complexity index is 527. The van der Waals surface area contributed by atoms with Crippen molar-refractivity contribution in [1.82, 2.24) is 10.3 Å². The molecule has 1 atom stereocenters. The summed E-state index contributed by atoms with van der Waals surface area (Å²) in [6.07, 6.45) is 3.01. The maximum absolute atomic E-state index is 11.8. The van der Waals surface area contributed by atoms with Crippen LogP contribution in [0.4, 0.5) is 0 Å². The molecule has 0 spiro atoms. The first-order valence-corrected chi connectivity index (χ1v) is 8.76. The zero-order chi connectivity index (χ0) is 15.0. The molecule has 20 heavy (non-hydrogen) atoms. The third-order valence-corrected chi connectivity index (χ3v) is 4.95. The van der Waals surface area contributed by atoms with Crippen LogP contribution in [0.5, 0.6) is 0 Å². The minimum atomic E-state index is -1.10. The Hall–Kier alpha value is -1.19. The number of rotatable bonds is 6. The summed E-state index contributed by atoms with van der Waals surface area (Å²) >= 11 is 1.19. The van der Waals surface area contributed by atoms with Gasteiger partial charge in [0, 0.05) is 25.1 Å². The Morgan fingerprint density at radius 2 is 2.25 bits per heavy atom. The summed E-state index contributed by atoms with van der Waals surface area (Å²) in [7, 11) is -1.10. The van der Waals surface area contributed by atoms with Gasteiger partial charge in [0.2, 0.25) is 0 Å². The molecule has 1 unspecified atom stereocenters. The second-order valence-electron chi connectivity index (χ2n) is 4.58. The lowest BCUT2D eigenvalue weighted by molar-refractivity contribution is 0.0958. The third-order valence-electron chi connectivity index (χ3n) is 2.34. The smallest absolute Gasteiger partial charge is 0.263 e. The molecule has 6 heteroatoms. The normalized spacial score (nSPS) is 11.8. The Labute approximate surface area is 126 Å². The minimum Gasteiger partial charge on any atom is -0.350 e. The molecule has 1 amide bonds. The van der Waals surface area contributed by atoms with Crippen LogP contribution in [0, 0.1) is 17.8 Å². The van der Waals surface area contributed by atoms with Gasteiger partial charge in [-0.05, 0) is 5.92 Å². The largest absolute Gasteiger partial charge is 0.350 e. The first-order valence-electron chi connectivity index (χ1n) is 6.62. The Balaban J connectivity index is 2.37. The number of carbonyl (C=O) groups excluding carboxylic acids is 1. The number of amides is 1. The molecule has 1 N–H and O–H groups in total. The van der Waals surface area contributed by atoms with Crippen molar-refractivity contribution in [2.45, 2.75) is 38.0 Å². The van der Waals surface area contributed by atoms with E-state index in [4.69, 9.17) is 0 Å². The van der Waals surface area contributed by atoms with E-state index < -0.39 is 10.8 Å². The van der Waals surface area contributed by atoms with Crippen molar-refractivity contribution in [3.63, 3.8) is 0 Å². The lowest BCUT2D eigenvalue weighted by atomic mass is 10.1. The maximum atomic E-state index is 11.8. The molecule has 0 radical (unpaired) electrons. The predicted octanol–water partition coefficient (Wildman–Crippen LogP) is 2.44. The minimum absolute atomic E-state index is 0.174. The number of aromatic nitrogens is 1. The Morgan fingerprint density at radius 1 is 1.50 bits per heavy atom. The fourth-order valence-electron chi connectivity index (χ4n) is 1.28. The van der Waals surface area contributed by atoms with E-state index in [2.05, 4.69) is 36.0 Å². The standard InChI is InChI=1S/C14H20N2O2S2/c1-4-20(18)14-16-10-12(19-14)13(17)15-9-7-5-6-8-11(2)3/h10-11H,4,7-9H2,1-3H3,(H,15,17). The van der Waals surface area contributed by atoms with Crippen molar-refractivity contribution >= 4 is 28.0 Å². The summed E-state index contributed by atoms with van der Waals surface area (Å²) in [6.45, 7) is 6.59. The van der Waals surface area contributed by atoms with Crippen LogP contribution in [0.3, 0.4) is 0 Å². The molecule has 0 aliphatic heterocycles. The van der Waals surface area contributed by atoms with Gasteiger partial charge in [0.15, 0.2) is 4.34 Å². The van der Waals surface area contributed by atoms with Gasteiger partial charge in [0.05, 0.1) is 17.0 Å². The Morgan fingerprint density at radius 3 is 2.90 bits per heavy atom. The van der Waals surface area contributed by atoms with E-state index in [9.17, 15) is 9.00 Å². The van der Waals surface area contributed by atoms with Gasteiger partial charge in [-0.3, -0.25) is 9.00 Å². The second-order valence-corrected chi connectivity index (χ2v) is 7.53. The van der Waals surface area contributed by atoms with Crippen LogP contribution in [-0.4, -0.2) is 27.4 Å². The summed E-state index contributed by atoms with van der Waals surface area (Å²) in [5.74, 6) is 7.02. The van der Waals surface area contributed by atoms with Crippen LogP contribution in [0.15, 0.2) is 10.5 Å². The number of carbonyl (C=O) groups is 1. The highest BCUT2D eigenvalue weighted by atomic mass is 32.2. The van der Waals surface area contributed by atoms with Crippen molar-refractivity contribution in [3.05, 3.63) is 11.1 Å². The van der Waals surface area contributed by atoms with Gasteiger partial charge in [-0.25, -0.2) is 4.98 Å². The maximum Gasteiger partial charge on any atom is 0.263 e. The van der Waals surface area contributed by atoms with Gasteiger partial charge < -0.3 is 5.32 Å². The molecule has 1 heterocycles. The quantitative estimate of drug-likeness (QED) is 0.648. The highest BCUT2D eigenvalue weighted by molar-refractivity contribution is 7.87. The molecule has 0 fully saturated rings. The zero-order valence-corrected chi connectivity index (χ0v) is 13.7. The van der Waals surface area contributed by atoms with E-state index in [0.717, 1.165) is 6.42 Å². The van der Waals surface area contributed by atoms with Crippen LogP contribution in [0.1, 0.15) is 43.3 Å². The van der Waals surface area contributed by atoms with Crippen molar-refractivity contribution in [2.24, 2.45) is 5.92 Å². The summed E-state index contributed by atoms with van der Waals surface area (Å²) < 4.78 is 12.1. The number of nitrogens with one attached hydrogen (secondary N) is 1. The lowest BCUT2D eigenvalue weighted by Gasteiger charge is -1.99. The molecule has 1 rings (SSSR count). The van der Waals surface area contributed by atoms with E-state index in [0.29, 0.717) is 33.9 Å². The average Bonchev–Trinajstić information content (AvgIpc) is 2.91. The number of nitrogens with zero attached hydrogens (tertiary/aromatic N) is 1. The van der Waals surface area contributed by atoms with Gasteiger partial charge in [-0.15, -0.1) is 23.2 Å². The molecule has 0 aromatic carbocycles. The lowest BCUT2D eigenvalue weighted by Crippen LogP contribution is -2.23. The van der Waals surface area contributed by atoms with E-state index in [1.807, 2.05) is 6.92 Å². The fraction of sp³-hybridized carbons (Fsp3) is 0.571. The van der Waals surface area contributed by atoms with Gasteiger partial charge in [0.25, 0.3) is 5.91 Å². The molecule has 0 bridgehead atoms. The van der Waals surface area contributed by atoms with Crippen LogP contribution in [0.25, 0.3) is 0 Å². The SMILES string of the molecule is CCS(=O)c1ncc(C(=O)NCCC#CCC(C)C)s1. The number of thiazole rings is 1. The van der Waals surface area contributed by atoms with Crippen molar-refractivity contribution in [1.29, 1.82) is 0 Å². The van der Waals surface area contributed by atoms with Crippen LogP contribution in [0.2, 0.25) is 0 Å². The van der Waals surface area contributed by atoms with Gasteiger partial charge >= 0.3 is 0 Å².